The molecule has 0 amide bonds. The minimum absolute atomic E-state index is 0.232. The highest BCUT2D eigenvalue weighted by molar-refractivity contribution is 6.67. The molecule has 0 atom stereocenters. The minimum Gasteiger partial charge on any atom is -0.276 e. The van der Waals surface area contributed by atoms with E-state index in [0.29, 0.717) is 16.1 Å². The normalized spacial score (nSPS) is 9.31. The fourth-order valence-corrected chi connectivity index (χ4v) is 1.26. The van der Waals surface area contributed by atoms with Crippen LogP contribution in [0.1, 0.15) is 15.9 Å². The average molecular weight is 214 g/mol. The third kappa shape index (κ3) is 2.45. The number of carbonyl (C=O) groups is 1. The smallest absolute Gasteiger partial charge is 0.252 e. The molecule has 0 aliphatic heterocycles. The Kier molecular flexibility index (Phi) is 3.30. The predicted octanol–water partition coefficient (Wildman–Crippen LogP) is 2.79. The van der Waals surface area contributed by atoms with Crippen LogP contribution >= 0.6 is 23.2 Å². The summed E-state index contributed by atoms with van der Waals surface area (Å²) in [5.74, 6) is 0. The van der Waals surface area contributed by atoms with E-state index in [4.69, 9.17) is 28.5 Å². The van der Waals surface area contributed by atoms with Crippen LogP contribution in [0.3, 0.4) is 0 Å². The lowest BCUT2D eigenvalue weighted by atomic mass is 10.1. The molecule has 0 aliphatic rings. The second-order valence-electron chi connectivity index (χ2n) is 2.41. The highest BCUT2D eigenvalue weighted by atomic mass is 35.5. The number of hydrogen-bond acceptors (Lipinski definition) is 2. The van der Waals surface area contributed by atoms with Gasteiger partial charge in [0.05, 0.1) is 12.5 Å². The SMILES string of the molecule is N#CCc1ccc(C(=O)Cl)cc1Cl. The first-order valence-corrected chi connectivity index (χ1v) is 4.26. The number of carbonyl (C=O) groups excluding carboxylic acids is 1. The predicted molar refractivity (Wildman–Crippen MR) is 51.0 cm³/mol. The van der Waals surface area contributed by atoms with Gasteiger partial charge in [0.25, 0.3) is 5.24 Å². The molecule has 0 heterocycles. The fourth-order valence-electron chi connectivity index (χ4n) is 0.898. The maximum Gasteiger partial charge on any atom is 0.252 e. The number of rotatable bonds is 2. The van der Waals surface area contributed by atoms with Crippen LogP contribution in [-0.4, -0.2) is 5.24 Å². The topological polar surface area (TPSA) is 40.9 Å². The number of nitriles is 1. The number of hydrogen-bond donors (Lipinski definition) is 0. The largest absolute Gasteiger partial charge is 0.276 e. The lowest BCUT2D eigenvalue weighted by molar-refractivity contribution is 0.108. The van der Waals surface area contributed by atoms with E-state index in [1.807, 2.05) is 6.07 Å². The molecular weight excluding hydrogens is 209 g/mol. The van der Waals surface area contributed by atoms with Crippen LogP contribution in [0.5, 0.6) is 0 Å². The molecule has 0 fully saturated rings. The number of benzene rings is 1. The minimum atomic E-state index is -0.551. The van der Waals surface area contributed by atoms with Crippen molar-refractivity contribution in [2.24, 2.45) is 0 Å². The standard InChI is InChI=1S/C9H5Cl2NO/c10-8-5-7(9(11)13)2-1-6(8)3-4-12/h1-2,5H,3H2. The second-order valence-corrected chi connectivity index (χ2v) is 3.17. The Morgan fingerprint density at radius 2 is 2.23 bits per heavy atom. The molecule has 0 aliphatic carbocycles. The van der Waals surface area contributed by atoms with Crippen molar-refractivity contribution in [2.75, 3.05) is 0 Å². The van der Waals surface area contributed by atoms with Gasteiger partial charge >= 0.3 is 0 Å². The third-order valence-electron chi connectivity index (χ3n) is 1.55. The molecule has 0 saturated heterocycles. The van der Waals surface area contributed by atoms with Crippen molar-refractivity contribution in [3.63, 3.8) is 0 Å². The zero-order chi connectivity index (χ0) is 9.84. The van der Waals surface area contributed by atoms with Gasteiger partial charge in [0.1, 0.15) is 0 Å². The molecule has 0 aromatic heterocycles. The van der Waals surface area contributed by atoms with Crippen LogP contribution in [0.4, 0.5) is 0 Å². The zero-order valence-electron chi connectivity index (χ0n) is 6.55. The van der Waals surface area contributed by atoms with Crippen molar-refractivity contribution in [2.45, 2.75) is 6.42 Å². The molecule has 0 bridgehead atoms. The van der Waals surface area contributed by atoms with Gasteiger partial charge in [0.15, 0.2) is 0 Å². The first-order chi connectivity index (χ1) is 6.15. The van der Waals surface area contributed by atoms with E-state index in [1.54, 1.807) is 12.1 Å². The molecule has 4 heteroatoms. The van der Waals surface area contributed by atoms with E-state index in [-0.39, 0.29) is 6.42 Å². The Balaban J connectivity index is 3.07. The van der Waals surface area contributed by atoms with Crippen molar-refractivity contribution < 1.29 is 4.79 Å². The molecule has 13 heavy (non-hydrogen) atoms. The Labute approximate surface area is 85.7 Å². The molecule has 0 N–H and O–H groups in total. The van der Waals surface area contributed by atoms with Crippen molar-refractivity contribution in [1.82, 2.24) is 0 Å². The van der Waals surface area contributed by atoms with Gasteiger partial charge in [-0.1, -0.05) is 17.7 Å². The molecule has 2 nitrogen and oxygen atoms in total. The summed E-state index contributed by atoms with van der Waals surface area (Å²) in [6.45, 7) is 0. The molecule has 1 aromatic carbocycles. The zero-order valence-corrected chi connectivity index (χ0v) is 8.06. The summed E-state index contributed by atoms with van der Waals surface area (Å²) in [6, 6.07) is 6.61. The number of nitrogens with zero attached hydrogens (tertiary/aromatic N) is 1. The van der Waals surface area contributed by atoms with Gasteiger partial charge < -0.3 is 0 Å². The van der Waals surface area contributed by atoms with E-state index in [2.05, 4.69) is 0 Å². The van der Waals surface area contributed by atoms with E-state index in [0.717, 1.165) is 0 Å². The summed E-state index contributed by atoms with van der Waals surface area (Å²) in [7, 11) is 0. The maximum absolute atomic E-state index is 10.7. The molecular formula is C9H5Cl2NO. The van der Waals surface area contributed by atoms with Gasteiger partial charge in [-0.05, 0) is 29.3 Å². The van der Waals surface area contributed by atoms with Crippen molar-refractivity contribution in [3.8, 4) is 6.07 Å². The van der Waals surface area contributed by atoms with Crippen LogP contribution in [0.25, 0.3) is 0 Å². The summed E-state index contributed by atoms with van der Waals surface area (Å²) in [5.41, 5.74) is 1.04. The van der Waals surface area contributed by atoms with Gasteiger partial charge in [0.2, 0.25) is 0 Å². The number of halogens is 2. The van der Waals surface area contributed by atoms with Gasteiger partial charge in [-0.3, -0.25) is 4.79 Å². The highest BCUT2D eigenvalue weighted by Gasteiger charge is 2.05. The van der Waals surface area contributed by atoms with E-state index in [1.165, 1.54) is 6.07 Å². The summed E-state index contributed by atoms with van der Waals surface area (Å²) < 4.78 is 0. The van der Waals surface area contributed by atoms with Gasteiger partial charge in [0, 0.05) is 10.6 Å². The van der Waals surface area contributed by atoms with Crippen LogP contribution in [0.2, 0.25) is 5.02 Å². The van der Waals surface area contributed by atoms with Crippen molar-refractivity contribution >= 4 is 28.4 Å². The Morgan fingerprint density at radius 1 is 1.54 bits per heavy atom. The Morgan fingerprint density at radius 3 is 2.69 bits per heavy atom. The molecule has 0 spiro atoms. The van der Waals surface area contributed by atoms with Gasteiger partial charge in [-0.2, -0.15) is 5.26 Å². The van der Waals surface area contributed by atoms with Crippen molar-refractivity contribution in [3.05, 3.63) is 34.3 Å². The summed E-state index contributed by atoms with van der Waals surface area (Å²) in [5, 5.41) is 8.27. The van der Waals surface area contributed by atoms with Crippen molar-refractivity contribution in [1.29, 1.82) is 5.26 Å². The van der Waals surface area contributed by atoms with Crippen LogP contribution in [-0.2, 0) is 6.42 Å². The second kappa shape index (κ2) is 4.27. The summed E-state index contributed by atoms with van der Waals surface area (Å²) in [4.78, 5) is 10.7. The van der Waals surface area contributed by atoms with E-state index < -0.39 is 5.24 Å². The third-order valence-corrected chi connectivity index (χ3v) is 2.12. The monoisotopic (exact) mass is 213 g/mol. The van der Waals surface area contributed by atoms with Gasteiger partial charge in [-0.15, -0.1) is 0 Å². The van der Waals surface area contributed by atoms with E-state index >= 15 is 0 Å². The average Bonchev–Trinajstić information content (AvgIpc) is 2.08. The van der Waals surface area contributed by atoms with E-state index in [9.17, 15) is 4.79 Å². The quantitative estimate of drug-likeness (QED) is 0.710. The summed E-state index contributed by atoms with van der Waals surface area (Å²) >= 11 is 11.0. The van der Waals surface area contributed by atoms with Gasteiger partial charge in [-0.25, -0.2) is 0 Å². The molecule has 0 radical (unpaired) electrons. The lowest BCUT2D eigenvalue weighted by Gasteiger charge is -2.00. The van der Waals surface area contributed by atoms with Crippen LogP contribution in [0.15, 0.2) is 18.2 Å². The lowest BCUT2D eigenvalue weighted by Crippen LogP contribution is -1.91. The molecule has 66 valence electrons. The molecule has 0 unspecified atom stereocenters. The van der Waals surface area contributed by atoms with Crippen LogP contribution in [0, 0.1) is 11.3 Å². The molecule has 0 saturated carbocycles. The summed E-state index contributed by atoms with van der Waals surface area (Å²) in [6.07, 6.45) is 0.232. The highest BCUT2D eigenvalue weighted by Crippen LogP contribution is 2.19. The Hall–Kier alpha value is -1.04. The maximum atomic E-state index is 10.7. The first kappa shape index (κ1) is 10.0. The van der Waals surface area contributed by atoms with Crippen LogP contribution < -0.4 is 0 Å². The Bertz CT molecular complexity index is 382. The fraction of sp³-hybridized carbons (Fsp3) is 0.111. The molecule has 1 rings (SSSR count). The first-order valence-electron chi connectivity index (χ1n) is 3.50. The molecule has 1 aromatic rings.